The molecule has 10 heteroatoms. The number of benzene rings is 1. The van der Waals surface area contributed by atoms with Crippen molar-refractivity contribution in [3.05, 3.63) is 45.3 Å². The van der Waals surface area contributed by atoms with Gasteiger partial charge >= 0.3 is 5.69 Å². The maximum absolute atomic E-state index is 13.5. The van der Waals surface area contributed by atoms with Gasteiger partial charge in [0.05, 0.1) is 10.5 Å². The third kappa shape index (κ3) is 2.58. The summed E-state index contributed by atoms with van der Waals surface area (Å²) in [5.74, 6) is -3.33. The summed E-state index contributed by atoms with van der Waals surface area (Å²) >= 11 is 0. The lowest BCUT2D eigenvalue weighted by Crippen LogP contribution is -2.15. The van der Waals surface area contributed by atoms with Gasteiger partial charge in [-0.1, -0.05) is 0 Å². The molecule has 104 valence electrons. The molecule has 0 unspecified atom stereocenters. The summed E-state index contributed by atoms with van der Waals surface area (Å²) in [4.78, 5) is 25.0. The molecule has 0 aliphatic heterocycles. The molecule has 0 atom stereocenters. The van der Waals surface area contributed by atoms with E-state index < -0.39 is 33.7 Å². The predicted molar refractivity (Wildman–Crippen MR) is 62.1 cm³/mol. The number of nitrogens with zero attached hydrogens (tertiary/aromatic N) is 3. The molecule has 2 aromatic rings. The number of aromatic amines is 1. The first-order chi connectivity index (χ1) is 9.38. The topological polar surface area (TPSA) is 114 Å². The van der Waals surface area contributed by atoms with E-state index in [9.17, 15) is 23.7 Å². The number of aromatic nitrogens is 3. The highest BCUT2D eigenvalue weighted by atomic mass is 19.1. The second kappa shape index (κ2) is 4.99. The first-order valence-corrected chi connectivity index (χ1v) is 5.22. The van der Waals surface area contributed by atoms with Gasteiger partial charge in [0, 0.05) is 12.1 Å². The van der Waals surface area contributed by atoms with Crippen molar-refractivity contribution in [1.82, 2.24) is 15.2 Å². The zero-order chi connectivity index (χ0) is 14.9. The van der Waals surface area contributed by atoms with Crippen molar-refractivity contribution >= 4 is 17.5 Å². The molecule has 0 radical (unpaired) electrons. The fourth-order valence-electron chi connectivity index (χ4n) is 1.42. The molecule has 8 nitrogen and oxygen atoms in total. The minimum Gasteiger partial charge on any atom is -0.289 e. The Morgan fingerprint density at radius 1 is 1.40 bits per heavy atom. The molecule has 0 aliphatic rings. The molecular weight excluding hydrogens is 276 g/mol. The van der Waals surface area contributed by atoms with Gasteiger partial charge in [-0.2, -0.15) is 9.37 Å². The van der Waals surface area contributed by atoms with Gasteiger partial charge in [0.15, 0.2) is 0 Å². The quantitative estimate of drug-likeness (QED) is 0.655. The predicted octanol–water partition coefficient (Wildman–Crippen LogP) is 1.55. The molecule has 2 N–H and O–H groups in total. The summed E-state index contributed by atoms with van der Waals surface area (Å²) in [5, 5.41) is 18.7. The van der Waals surface area contributed by atoms with Gasteiger partial charge in [-0.25, -0.2) is 4.39 Å². The van der Waals surface area contributed by atoms with Crippen LogP contribution in [0.25, 0.3) is 0 Å². The number of H-pyrrole nitrogens is 1. The number of carbonyl (C=O) groups is 1. The van der Waals surface area contributed by atoms with Gasteiger partial charge in [0.2, 0.25) is 11.8 Å². The molecule has 20 heavy (non-hydrogen) atoms. The van der Waals surface area contributed by atoms with E-state index in [1.807, 2.05) is 0 Å². The Hall–Kier alpha value is -2.91. The Bertz CT molecular complexity index is 700. The van der Waals surface area contributed by atoms with Crippen molar-refractivity contribution < 1.29 is 18.5 Å². The monoisotopic (exact) mass is 283 g/mol. The number of nitro benzene ring substituents is 1. The second-order valence-electron chi connectivity index (χ2n) is 3.74. The number of hydrogen-bond donors (Lipinski definition) is 2. The van der Waals surface area contributed by atoms with Crippen LogP contribution in [0, 0.1) is 28.7 Å². The Labute approximate surface area is 110 Å². The summed E-state index contributed by atoms with van der Waals surface area (Å²) in [6.45, 7) is 1.58. The summed E-state index contributed by atoms with van der Waals surface area (Å²) in [5.41, 5.74) is -1.68. The molecule has 1 aromatic carbocycles. The number of rotatable bonds is 3. The normalized spacial score (nSPS) is 10.3. The van der Waals surface area contributed by atoms with Crippen molar-refractivity contribution in [3.8, 4) is 0 Å². The standard InChI is InChI=1S/C10H7F2N5O3/c1-4-13-10(16-15-4)14-9(18)5-2-8(17(19)20)7(12)3-6(5)11/h2-3H,1H3,(H2,13,14,15,16,18). The Morgan fingerprint density at radius 3 is 2.65 bits per heavy atom. The van der Waals surface area contributed by atoms with Gasteiger partial charge in [0.1, 0.15) is 11.6 Å². The fraction of sp³-hybridized carbons (Fsp3) is 0.100. The maximum atomic E-state index is 13.5. The number of halogens is 2. The Morgan fingerprint density at radius 2 is 2.10 bits per heavy atom. The van der Waals surface area contributed by atoms with Crippen LogP contribution in [0.2, 0.25) is 0 Å². The lowest BCUT2D eigenvalue weighted by molar-refractivity contribution is -0.387. The van der Waals surface area contributed by atoms with Crippen LogP contribution in [0.3, 0.4) is 0 Å². The number of anilines is 1. The summed E-state index contributed by atoms with van der Waals surface area (Å²) in [7, 11) is 0. The molecule has 0 aliphatic carbocycles. The van der Waals surface area contributed by atoms with Gasteiger partial charge in [0.25, 0.3) is 5.91 Å². The molecule has 0 bridgehead atoms. The van der Waals surface area contributed by atoms with Gasteiger partial charge < -0.3 is 0 Å². The van der Waals surface area contributed by atoms with Gasteiger partial charge in [-0.15, -0.1) is 5.10 Å². The highest BCUT2D eigenvalue weighted by molar-refractivity contribution is 6.03. The van der Waals surface area contributed by atoms with Gasteiger partial charge in [-0.05, 0) is 6.92 Å². The van der Waals surface area contributed by atoms with Crippen molar-refractivity contribution in [1.29, 1.82) is 0 Å². The lowest BCUT2D eigenvalue weighted by atomic mass is 10.1. The smallest absolute Gasteiger partial charge is 0.289 e. The fourth-order valence-corrected chi connectivity index (χ4v) is 1.42. The number of nitrogens with one attached hydrogen (secondary N) is 2. The van der Waals surface area contributed by atoms with E-state index in [1.54, 1.807) is 6.92 Å². The Balaban J connectivity index is 2.34. The van der Waals surface area contributed by atoms with E-state index in [-0.39, 0.29) is 12.0 Å². The van der Waals surface area contributed by atoms with Crippen LogP contribution in [0.5, 0.6) is 0 Å². The van der Waals surface area contributed by atoms with E-state index in [2.05, 4.69) is 20.5 Å². The third-order valence-electron chi connectivity index (χ3n) is 2.30. The first-order valence-electron chi connectivity index (χ1n) is 5.22. The van der Waals surface area contributed by atoms with E-state index in [0.29, 0.717) is 11.9 Å². The van der Waals surface area contributed by atoms with E-state index in [0.717, 1.165) is 0 Å². The zero-order valence-corrected chi connectivity index (χ0v) is 9.98. The summed E-state index contributed by atoms with van der Waals surface area (Å²) < 4.78 is 26.6. The van der Waals surface area contributed by atoms with Crippen molar-refractivity contribution in [2.45, 2.75) is 6.92 Å². The van der Waals surface area contributed by atoms with E-state index >= 15 is 0 Å². The number of amides is 1. The van der Waals surface area contributed by atoms with E-state index in [1.165, 1.54) is 0 Å². The minimum atomic E-state index is -1.36. The van der Waals surface area contributed by atoms with Crippen molar-refractivity contribution in [2.24, 2.45) is 0 Å². The van der Waals surface area contributed by atoms with Gasteiger partial charge in [-0.3, -0.25) is 25.3 Å². The number of nitro groups is 1. The Kier molecular flexibility index (Phi) is 3.37. The highest BCUT2D eigenvalue weighted by Gasteiger charge is 2.22. The van der Waals surface area contributed by atoms with Crippen molar-refractivity contribution in [2.75, 3.05) is 5.32 Å². The molecule has 1 aromatic heterocycles. The molecule has 2 rings (SSSR count). The van der Waals surface area contributed by atoms with Crippen LogP contribution in [-0.2, 0) is 0 Å². The zero-order valence-electron chi connectivity index (χ0n) is 9.98. The average molecular weight is 283 g/mol. The average Bonchev–Trinajstić information content (AvgIpc) is 2.74. The highest BCUT2D eigenvalue weighted by Crippen LogP contribution is 2.22. The lowest BCUT2D eigenvalue weighted by Gasteiger charge is -2.03. The summed E-state index contributed by atoms with van der Waals surface area (Å²) in [6.07, 6.45) is 0. The molecule has 0 saturated carbocycles. The van der Waals surface area contributed by atoms with Crippen LogP contribution in [0.15, 0.2) is 12.1 Å². The number of carbonyl (C=O) groups excluding carboxylic acids is 1. The molecule has 1 amide bonds. The van der Waals surface area contributed by atoms with Crippen LogP contribution in [0.1, 0.15) is 16.2 Å². The number of hydrogen-bond acceptors (Lipinski definition) is 5. The third-order valence-corrected chi connectivity index (χ3v) is 2.30. The SMILES string of the molecule is Cc1nc(NC(=O)c2cc([N+](=O)[O-])c(F)cc2F)n[nH]1. The maximum Gasteiger partial charge on any atom is 0.305 e. The molecular formula is C10H7F2N5O3. The largest absolute Gasteiger partial charge is 0.305 e. The second-order valence-corrected chi connectivity index (χ2v) is 3.74. The molecule has 0 saturated heterocycles. The van der Waals surface area contributed by atoms with Crippen LogP contribution in [0.4, 0.5) is 20.4 Å². The van der Waals surface area contributed by atoms with E-state index in [4.69, 9.17) is 0 Å². The van der Waals surface area contributed by atoms with Crippen LogP contribution < -0.4 is 5.32 Å². The van der Waals surface area contributed by atoms with Crippen LogP contribution >= 0.6 is 0 Å². The minimum absolute atomic E-state index is 0.126. The van der Waals surface area contributed by atoms with Crippen molar-refractivity contribution in [3.63, 3.8) is 0 Å². The number of aryl methyl sites for hydroxylation is 1. The summed E-state index contributed by atoms with van der Waals surface area (Å²) in [6, 6.07) is 0.787. The molecule has 0 spiro atoms. The first kappa shape index (κ1) is 13.5. The molecule has 0 fully saturated rings. The van der Waals surface area contributed by atoms with Crippen LogP contribution in [-0.4, -0.2) is 26.0 Å². The molecule has 1 heterocycles.